The van der Waals surface area contributed by atoms with Gasteiger partial charge in [-0.15, -0.1) is 0 Å². The highest BCUT2D eigenvalue weighted by molar-refractivity contribution is 5.25. The molecule has 1 aliphatic rings. The Kier molecular flexibility index (Phi) is 3.96. The maximum atomic E-state index is 4.07. The first-order valence-electron chi connectivity index (χ1n) is 5.06. The second kappa shape index (κ2) is 5.01. The zero-order valence-corrected chi connectivity index (χ0v) is 9.29. The summed E-state index contributed by atoms with van der Waals surface area (Å²) in [4.78, 5) is 4.67. The molecule has 0 aromatic carbocycles. The Morgan fingerprint density at radius 1 is 1.21 bits per heavy atom. The highest BCUT2D eigenvalue weighted by Gasteiger charge is 2.13. The van der Waals surface area contributed by atoms with Gasteiger partial charge >= 0.3 is 0 Å². The molecular weight excluding hydrogens is 172 g/mol. The van der Waals surface area contributed by atoms with Crippen LogP contribution in [0.15, 0.2) is 36.6 Å². The highest BCUT2D eigenvalue weighted by atomic mass is 15.2. The van der Waals surface area contributed by atoms with Crippen molar-refractivity contribution >= 4 is 0 Å². The Labute approximate surface area is 87.2 Å². The van der Waals surface area contributed by atoms with Gasteiger partial charge in [-0.3, -0.25) is 0 Å². The lowest BCUT2D eigenvalue weighted by Crippen LogP contribution is -2.43. The minimum absolute atomic E-state index is 1.08. The van der Waals surface area contributed by atoms with E-state index in [9.17, 15) is 0 Å². The average Bonchev–Trinajstić information content (AvgIpc) is 2.18. The van der Waals surface area contributed by atoms with Gasteiger partial charge in [0.1, 0.15) is 0 Å². The van der Waals surface area contributed by atoms with E-state index in [0.29, 0.717) is 0 Å². The van der Waals surface area contributed by atoms with E-state index in [-0.39, 0.29) is 0 Å². The topological polar surface area (TPSA) is 6.48 Å². The van der Waals surface area contributed by atoms with E-state index >= 15 is 0 Å². The smallest absolute Gasteiger partial charge is 0.0306 e. The lowest BCUT2D eigenvalue weighted by Gasteiger charge is -2.34. The predicted molar refractivity (Wildman–Crippen MR) is 62.2 cm³/mol. The molecule has 0 unspecified atom stereocenters. The van der Waals surface area contributed by atoms with Crippen molar-refractivity contribution in [2.45, 2.75) is 6.92 Å². The number of allylic oxidation sites excluding steroid dienone is 3. The molecule has 0 spiro atoms. The zero-order valence-electron chi connectivity index (χ0n) is 9.29. The molecule has 2 heteroatoms. The molecule has 0 saturated carbocycles. The number of likely N-dealkylation sites (N-methyl/N-ethyl adjacent to an activating group) is 1. The third kappa shape index (κ3) is 3.04. The van der Waals surface area contributed by atoms with Crippen molar-refractivity contribution in [3.05, 3.63) is 36.6 Å². The summed E-state index contributed by atoms with van der Waals surface area (Å²) in [6.45, 7) is 14.3. The lowest BCUT2D eigenvalue weighted by atomic mass is 10.2. The first-order valence-corrected chi connectivity index (χ1v) is 5.06. The minimum atomic E-state index is 1.08. The van der Waals surface area contributed by atoms with Crippen molar-refractivity contribution in [3.63, 3.8) is 0 Å². The third-order valence-electron chi connectivity index (χ3n) is 2.63. The zero-order chi connectivity index (χ0) is 10.6. The van der Waals surface area contributed by atoms with Gasteiger partial charge in [0.25, 0.3) is 0 Å². The number of piperazine rings is 1. The van der Waals surface area contributed by atoms with Crippen molar-refractivity contribution in [3.8, 4) is 0 Å². The van der Waals surface area contributed by atoms with Crippen LogP contribution < -0.4 is 0 Å². The molecule has 14 heavy (non-hydrogen) atoms. The largest absolute Gasteiger partial charge is 0.369 e. The van der Waals surface area contributed by atoms with Crippen molar-refractivity contribution in [2.24, 2.45) is 0 Å². The van der Waals surface area contributed by atoms with E-state index in [1.54, 1.807) is 0 Å². The number of rotatable bonds is 3. The van der Waals surface area contributed by atoms with Crippen LogP contribution in [0.2, 0.25) is 0 Å². The van der Waals surface area contributed by atoms with Crippen molar-refractivity contribution in [1.29, 1.82) is 0 Å². The second-order valence-electron chi connectivity index (χ2n) is 3.87. The van der Waals surface area contributed by atoms with E-state index in [1.165, 1.54) is 5.57 Å². The van der Waals surface area contributed by atoms with E-state index in [1.807, 2.05) is 13.0 Å². The van der Waals surface area contributed by atoms with Crippen LogP contribution in [-0.2, 0) is 0 Å². The van der Waals surface area contributed by atoms with Crippen LogP contribution in [0.1, 0.15) is 6.92 Å². The van der Waals surface area contributed by atoms with E-state index in [4.69, 9.17) is 0 Å². The fourth-order valence-corrected chi connectivity index (χ4v) is 1.51. The molecule has 1 fully saturated rings. The third-order valence-corrected chi connectivity index (χ3v) is 2.63. The summed E-state index contributed by atoms with van der Waals surface area (Å²) >= 11 is 0. The molecule has 0 N–H and O–H groups in total. The summed E-state index contributed by atoms with van der Waals surface area (Å²) in [5.41, 5.74) is 2.28. The van der Waals surface area contributed by atoms with E-state index < -0.39 is 0 Å². The maximum absolute atomic E-state index is 4.07. The molecule has 2 nitrogen and oxygen atoms in total. The molecule has 0 aliphatic carbocycles. The fourth-order valence-electron chi connectivity index (χ4n) is 1.51. The molecule has 1 rings (SSSR count). The van der Waals surface area contributed by atoms with Gasteiger partial charge in [-0.1, -0.05) is 19.2 Å². The Balaban J connectivity index is 2.50. The fraction of sp³-hybridized carbons (Fsp3) is 0.500. The minimum Gasteiger partial charge on any atom is -0.369 e. The summed E-state index contributed by atoms with van der Waals surface area (Å²) in [6.07, 6.45) is 3.96. The van der Waals surface area contributed by atoms with Gasteiger partial charge in [-0.25, -0.2) is 0 Å². The van der Waals surface area contributed by atoms with Crippen molar-refractivity contribution < 1.29 is 0 Å². The second-order valence-corrected chi connectivity index (χ2v) is 3.87. The van der Waals surface area contributed by atoms with Crippen LogP contribution in [0.25, 0.3) is 0 Å². The summed E-state index contributed by atoms with van der Waals surface area (Å²) in [5.74, 6) is 0. The Hall–Kier alpha value is -1.02. The van der Waals surface area contributed by atoms with E-state index in [0.717, 1.165) is 31.9 Å². The summed E-state index contributed by atoms with van der Waals surface area (Å²) in [6, 6.07) is 0. The summed E-state index contributed by atoms with van der Waals surface area (Å²) in [7, 11) is 2.16. The molecule has 0 atom stereocenters. The number of nitrogens with zero attached hydrogens (tertiary/aromatic N) is 2. The van der Waals surface area contributed by atoms with Crippen LogP contribution in [0.5, 0.6) is 0 Å². The normalized spacial score (nSPS) is 19.6. The first-order chi connectivity index (χ1) is 6.63. The molecule has 1 aliphatic heterocycles. The van der Waals surface area contributed by atoms with E-state index in [2.05, 4.69) is 36.1 Å². The van der Waals surface area contributed by atoms with Crippen LogP contribution in [-0.4, -0.2) is 43.0 Å². The monoisotopic (exact) mass is 192 g/mol. The van der Waals surface area contributed by atoms with Gasteiger partial charge in [0.2, 0.25) is 0 Å². The molecular formula is C12H20N2. The van der Waals surface area contributed by atoms with Crippen LogP contribution >= 0.6 is 0 Å². The summed E-state index contributed by atoms with van der Waals surface area (Å²) < 4.78 is 0. The molecule has 0 aromatic heterocycles. The Bertz CT molecular complexity index is 245. The van der Waals surface area contributed by atoms with Gasteiger partial charge in [0, 0.05) is 31.9 Å². The molecule has 0 amide bonds. The van der Waals surface area contributed by atoms with Crippen LogP contribution in [0, 0.1) is 0 Å². The Morgan fingerprint density at radius 3 is 2.29 bits per heavy atom. The van der Waals surface area contributed by atoms with Gasteiger partial charge in [-0.05, 0) is 25.6 Å². The molecule has 0 radical (unpaired) electrons. The Morgan fingerprint density at radius 2 is 1.79 bits per heavy atom. The molecule has 0 bridgehead atoms. The summed E-state index contributed by atoms with van der Waals surface area (Å²) in [5, 5.41) is 0. The molecule has 1 heterocycles. The average molecular weight is 192 g/mol. The quantitative estimate of drug-likeness (QED) is 0.630. The lowest BCUT2D eigenvalue weighted by molar-refractivity contribution is 0.190. The highest BCUT2D eigenvalue weighted by Crippen LogP contribution is 2.10. The molecule has 0 aromatic rings. The SMILES string of the molecule is C=C/C(C)=C\C(=C)N1CCN(C)CC1. The van der Waals surface area contributed by atoms with Crippen molar-refractivity contribution in [1.82, 2.24) is 9.80 Å². The number of hydrogen-bond acceptors (Lipinski definition) is 2. The molecule has 78 valence electrons. The van der Waals surface area contributed by atoms with Crippen LogP contribution in [0.3, 0.4) is 0 Å². The maximum Gasteiger partial charge on any atom is 0.0306 e. The first kappa shape index (κ1) is 11.1. The van der Waals surface area contributed by atoms with Gasteiger partial charge in [-0.2, -0.15) is 0 Å². The van der Waals surface area contributed by atoms with Gasteiger partial charge in [0.15, 0.2) is 0 Å². The van der Waals surface area contributed by atoms with Gasteiger partial charge in [0.05, 0.1) is 0 Å². The predicted octanol–water partition coefficient (Wildman–Crippen LogP) is 1.88. The van der Waals surface area contributed by atoms with Crippen molar-refractivity contribution in [2.75, 3.05) is 33.2 Å². The standard InChI is InChI=1S/C12H20N2/c1-5-11(2)10-12(3)14-8-6-13(4)7-9-14/h5,10H,1,3,6-9H2,2,4H3/b11-10-. The van der Waals surface area contributed by atoms with Gasteiger partial charge < -0.3 is 9.80 Å². The number of hydrogen-bond donors (Lipinski definition) is 0. The van der Waals surface area contributed by atoms with Crippen LogP contribution in [0.4, 0.5) is 0 Å². The molecule has 1 saturated heterocycles.